The number of rotatable bonds is 8. The third-order valence-corrected chi connectivity index (χ3v) is 3.64. The highest BCUT2D eigenvalue weighted by Crippen LogP contribution is 2.12. The van der Waals surface area contributed by atoms with E-state index in [9.17, 15) is 5.11 Å². The Labute approximate surface area is 117 Å². The molecule has 0 amide bonds. The van der Waals surface area contributed by atoms with Crippen LogP contribution in [0, 0.1) is 0 Å². The van der Waals surface area contributed by atoms with Crippen LogP contribution >= 0.6 is 0 Å². The summed E-state index contributed by atoms with van der Waals surface area (Å²) in [6.07, 6.45) is 3.18. The van der Waals surface area contributed by atoms with Gasteiger partial charge in [0.05, 0.1) is 25.4 Å². The topological polar surface area (TPSA) is 54.0 Å². The number of hydrogen-bond donors (Lipinski definition) is 2. The lowest BCUT2D eigenvalue weighted by atomic mass is 10.1. The summed E-state index contributed by atoms with van der Waals surface area (Å²) in [7, 11) is 3.75. The first-order valence-corrected chi connectivity index (χ1v) is 7.33. The van der Waals surface area contributed by atoms with Crippen molar-refractivity contribution in [3.8, 4) is 0 Å². The van der Waals surface area contributed by atoms with Gasteiger partial charge in [-0.1, -0.05) is 0 Å². The van der Waals surface area contributed by atoms with Crippen molar-refractivity contribution in [1.29, 1.82) is 0 Å². The summed E-state index contributed by atoms with van der Waals surface area (Å²) in [5.74, 6) is 0. The highest BCUT2D eigenvalue weighted by molar-refractivity contribution is 4.75. The minimum atomic E-state index is -0.430. The fourth-order valence-electron chi connectivity index (χ4n) is 2.53. The zero-order valence-electron chi connectivity index (χ0n) is 12.6. The number of aliphatic hydroxyl groups is 1. The van der Waals surface area contributed by atoms with Crippen molar-refractivity contribution >= 4 is 0 Å². The first-order chi connectivity index (χ1) is 9.13. The predicted octanol–water partition coefficient (Wildman–Crippen LogP) is 0.473. The van der Waals surface area contributed by atoms with Crippen LogP contribution in [0.15, 0.2) is 0 Å². The summed E-state index contributed by atoms with van der Waals surface area (Å²) in [6, 6.07) is 0.570. The van der Waals surface area contributed by atoms with Crippen LogP contribution in [-0.2, 0) is 9.47 Å². The molecule has 0 bridgehead atoms. The molecular weight excluding hydrogens is 244 g/mol. The Kier molecular flexibility index (Phi) is 8.57. The second kappa shape index (κ2) is 9.66. The predicted molar refractivity (Wildman–Crippen MR) is 76.4 cm³/mol. The highest BCUT2D eigenvalue weighted by Gasteiger charge is 2.19. The fraction of sp³-hybridized carbons (Fsp3) is 1.00. The van der Waals surface area contributed by atoms with Crippen LogP contribution in [0.1, 0.15) is 26.2 Å². The molecule has 1 heterocycles. The van der Waals surface area contributed by atoms with Gasteiger partial charge in [0.15, 0.2) is 0 Å². The van der Waals surface area contributed by atoms with Crippen molar-refractivity contribution in [3.05, 3.63) is 0 Å². The summed E-state index contributed by atoms with van der Waals surface area (Å²) in [5, 5.41) is 13.4. The van der Waals surface area contributed by atoms with Gasteiger partial charge in [0, 0.05) is 19.7 Å². The lowest BCUT2D eigenvalue weighted by molar-refractivity contribution is -0.0409. The number of aliphatic hydroxyl groups excluding tert-OH is 1. The van der Waals surface area contributed by atoms with Crippen LogP contribution < -0.4 is 5.32 Å². The molecule has 0 aromatic carbocycles. The molecule has 5 heteroatoms. The van der Waals surface area contributed by atoms with Crippen LogP contribution in [0.5, 0.6) is 0 Å². The number of likely N-dealkylation sites (N-methyl/N-ethyl adjacent to an activating group) is 1. The average molecular weight is 274 g/mol. The molecule has 0 aromatic heterocycles. The van der Waals surface area contributed by atoms with Crippen molar-refractivity contribution in [2.24, 2.45) is 0 Å². The van der Waals surface area contributed by atoms with E-state index in [1.54, 1.807) is 7.11 Å². The van der Waals surface area contributed by atoms with Gasteiger partial charge in [-0.3, -0.25) is 0 Å². The molecule has 0 aromatic rings. The van der Waals surface area contributed by atoms with Crippen molar-refractivity contribution < 1.29 is 14.6 Å². The zero-order chi connectivity index (χ0) is 14.1. The average Bonchev–Trinajstić information content (AvgIpc) is 2.65. The molecule has 5 nitrogen and oxygen atoms in total. The van der Waals surface area contributed by atoms with Crippen molar-refractivity contribution in [1.82, 2.24) is 10.2 Å². The van der Waals surface area contributed by atoms with E-state index in [0.29, 0.717) is 25.8 Å². The van der Waals surface area contributed by atoms with Crippen LogP contribution in [0.25, 0.3) is 0 Å². The van der Waals surface area contributed by atoms with E-state index < -0.39 is 6.10 Å². The molecule has 1 fully saturated rings. The maximum atomic E-state index is 10.0. The van der Waals surface area contributed by atoms with Gasteiger partial charge in [-0.2, -0.15) is 0 Å². The molecule has 1 rings (SSSR count). The number of ether oxygens (including phenoxy) is 2. The molecule has 0 saturated carbocycles. The molecule has 1 aliphatic rings. The van der Waals surface area contributed by atoms with E-state index in [2.05, 4.69) is 17.3 Å². The lowest BCUT2D eigenvalue weighted by Crippen LogP contribution is -2.40. The lowest BCUT2D eigenvalue weighted by Gasteiger charge is -2.29. The Hall–Kier alpha value is -0.200. The Morgan fingerprint density at radius 1 is 1.32 bits per heavy atom. The minimum absolute atomic E-state index is 0.0343. The fourth-order valence-corrected chi connectivity index (χ4v) is 2.53. The monoisotopic (exact) mass is 274 g/mol. The molecule has 0 radical (unpaired) electrons. The summed E-state index contributed by atoms with van der Waals surface area (Å²) in [4.78, 5) is 2.27. The molecule has 3 atom stereocenters. The van der Waals surface area contributed by atoms with Gasteiger partial charge < -0.3 is 24.8 Å². The van der Waals surface area contributed by atoms with Gasteiger partial charge >= 0.3 is 0 Å². The van der Waals surface area contributed by atoms with Crippen LogP contribution in [0.4, 0.5) is 0 Å². The minimum Gasteiger partial charge on any atom is -0.389 e. The molecule has 1 aliphatic heterocycles. The number of nitrogens with zero attached hydrogens (tertiary/aromatic N) is 1. The van der Waals surface area contributed by atoms with E-state index in [-0.39, 0.29) is 6.10 Å². The maximum Gasteiger partial charge on any atom is 0.0900 e. The summed E-state index contributed by atoms with van der Waals surface area (Å²) < 4.78 is 10.5. The first-order valence-electron chi connectivity index (χ1n) is 7.33. The third-order valence-electron chi connectivity index (χ3n) is 3.64. The SMILES string of the molecule is COCC(C)OCC(O)CN(C)C1CCCNCC1. The Balaban J connectivity index is 2.20. The normalized spacial score (nSPS) is 24.2. The molecule has 19 heavy (non-hydrogen) atoms. The molecular formula is C14H30N2O3. The van der Waals surface area contributed by atoms with E-state index in [0.717, 1.165) is 19.5 Å². The summed E-state index contributed by atoms with van der Waals surface area (Å²) in [5.41, 5.74) is 0. The van der Waals surface area contributed by atoms with Gasteiger partial charge in [0.25, 0.3) is 0 Å². The highest BCUT2D eigenvalue weighted by atomic mass is 16.5. The number of hydrogen-bond acceptors (Lipinski definition) is 5. The quantitative estimate of drug-likeness (QED) is 0.674. The molecule has 1 saturated heterocycles. The van der Waals surface area contributed by atoms with E-state index >= 15 is 0 Å². The van der Waals surface area contributed by atoms with Gasteiger partial charge in [-0.25, -0.2) is 0 Å². The first kappa shape index (κ1) is 16.9. The molecule has 2 N–H and O–H groups in total. The van der Waals surface area contributed by atoms with Crippen molar-refractivity contribution in [3.63, 3.8) is 0 Å². The Bertz CT molecular complexity index is 221. The Morgan fingerprint density at radius 3 is 2.84 bits per heavy atom. The van der Waals surface area contributed by atoms with Crippen LogP contribution in [0.3, 0.4) is 0 Å². The zero-order valence-corrected chi connectivity index (χ0v) is 12.6. The van der Waals surface area contributed by atoms with E-state index in [4.69, 9.17) is 9.47 Å². The summed E-state index contributed by atoms with van der Waals surface area (Å²) >= 11 is 0. The van der Waals surface area contributed by atoms with Gasteiger partial charge in [0.1, 0.15) is 0 Å². The van der Waals surface area contributed by atoms with Crippen molar-refractivity contribution in [2.45, 2.75) is 44.4 Å². The maximum absolute atomic E-state index is 10.0. The van der Waals surface area contributed by atoms with Crippen LogP contribution in [-0.4, -0.2) is 75.3 Å². The standard InChI is InChI=1S/C14H30N2O3/c1-12(10-18-3)19-11-14(17)9-16(2)13-5-4-7-15-8-6-13/h12-15,17H,4-11H2,1-3H3. The second-order valence-electron chi connectivity index (χ2n) is 5.53. The second-order valence-corrected chi connectivity index (χ2v) is 5.53. The van der Waals surface area contributed by atoms with Gasteiger partial charge in [0.2, 0.25) is 0 Å². The van der Waals surface area contributed by atoms with E-state index in [1.807, 2.05) is 6.92 Å². The molecule has 114 valence electrons. The smallest absolute Gasteiger partial charge is 0.0900 e. The van der Waals surface area contributed by atoms with Crippen LogP contribution in [0.2, 0.25) is 0 Å². The largest absolute Gasteiger partial charge is 0.389 e. The Morgan fingerprint density at radius 2 is 2.11 bits per heavy atom. The van der Waals surface area contributed by atoms with E-state index in [1.165, 1.54) is 12.8 Å². The number of nitrogens with one attached hydrogen (secondary N) is 1. The van der Waals surface area contributed by atoms with Crippen molar-refractivity contribution in [2.75, 3.05) is 47.0 Å². The molecule has 0 aliphatic carbocycles. The van der Waals surface area contributed by atoms with Gasteiger partial charge in [-0.15, -0.1) is 0 Å². The third kappa shape index (κ3) is 7.22. The van der Waals surface area contributed by atoms with Gasteiger partial charge in [-0.05, 0) is 46.3 Å². The molecule has 3 unspecified atom stereocenters. The number of methoxy groups -OCH3 is 1. The summed E-state index contributed by atoms with van der Waals surface area (Å²) in [6.45, 7) is 5.76. The molecule has 0 spiro atoms.